The average Bonchev–Trinajstić information content (AvgIpc) is 2.48. The summed E-state index contributed by atoms with van der Waals surface area (Å²) in [7, 11) is 0. The summed E-state index contributed by atoms with van der Waals surface area (Å²) in [6.07, 6.45) is 3.58. The van der Waals surface area contributed by atoms with Crippen LogP contribution in [-0.4, -0.2) is 25.9 Å². The molecule has 0 saturated carbocycles. The summed E-state index contributed by atoms with van der Waals surface area (Å²) in [5.41, 5.74) is 1.16. The molecule has 0 unspecified atom stereocenters. The monoisotopic (exact) mass is 264 g/mol. The summed E-state index contributed by atoms with van der Waals surface area (Å²) in [6, 6.07) is 8.17. The van der Waals surface area contributed by atoms with Gasteiger partial charge in [-0.1, -0.05) is 32.4 Å². The molecule has 1 aliphatic rings. The fourth-order valence-electron chi connectivity index (χ4n) is 2.08. The van der Waals surface area contributed by atoms with Crippen LogP contribution in [0.5, 0.6) is 5.75 Å². The molecule has 0 radical (unpaired) electrons. The minimum Gasteiger partial charge on any atom is -0.494 e. The van der Waals surface area contributed by atoms with Gasteiger partial charge in [0.15, 0.2) is 0 Å². The van der Waals surface area contributed by atoms with Crippen LogP contribution in [0.25, 0.3) is 0 Å². The van der Waals surface area contributed by atoms with Gasteiger partial charge in [0.25, 0.3) is 0 Å². The standard InChI is InChI=1S/C16H24O3/c1-3-5-10-17-15-8-6-13(7-9-15)16-12-18-14(4-2)11-19-16/h6-9,14,16H,3-5,10-12H2,1-2H3/t14-,16-/m0/s1. The number of hydrogen-bond donors (Lipinski definition) is 0. The molecule has 1 aromatic rings. The van der Waals surface area contributed by atoms with Crippen molar-refractivity contribution in [1.29, 1.82) is 0 Å². The molecule has 3 nitrogen and oxygen atoms in total. The number of benzene rings is 1. The van der Waals surface area contributed by atoms with E-state index in [1.165, 1.54) is 0 Å². The highest BCUT2D eigenvalue weighted by atomic mass is 16.6. The number of hydrogen-bond acceptors (Lipinski definition) is 3. The third-order valence-electron chi connectivity index (χ3n) is 3.44. The average molecular weight is 264 g/mol. The lowest BCUT2D eigenvalue weighted by atomic mass is 10.1. The summed E-state index contributed by atoms with van der Waals surface area (Å²) >= 11 is 0. The van der Waals surface area contributed by atoms with E-state index in [1.54, 1.807) is 0 Å². The predicted molar refractivity (Wildman–Crippen MR) is 75.6 cm³/mol. The molecule has 0 N–H and O–H groups in total. The molecule has 1 aliphatic heterocycles. The van der Waals surface area contributed by atoms with Gasteiger partial charge in [0, 0.05) is 0 Å². The van der Waals surface area contributed by atoms with Crippen molar-refractivity contribution < 1.29 is 14.2 Å². The number of ether oxygens (including phenoxy) is 3. The van der Waals surface area contributed by atoms with E-state index >= 15 is 0 Å². The molecule has 19 heavy (non-hydrogen) atoms. The molecular weight excluding hydrogens is 240 g/mol. The molecule has 0 spiro atoms. The first-order valence-electron chi connectivity index (χ1n) is 7.29. The highest BCUT2D eigenvalue weighted by Crippen LogP contribution is 2.25. The molecule has 1 aromatic carbocycles. The van der Waals surface area contributed by atoms with Gasteiger partial charge in [-0.3, -0.25) is 0 Å². The largest absolute Gasteiger partial charge is 0.494 e. The van der Waals surface area contributed by atoms with E-state index in [9.17, 15) is 0 Å². The van der Waals surface area contributed by atoms with Gasteiger partial charge < -0.3 is 14.2 Å². The zero-order chi connectivity index (χ0) is 13.5. The summed E-state index contributed by atoms with van der Waals surface area (Å²) in [5, 5.41) is 0. The van der Waals surface area contributed by atoms with Crippen LogP contribution < -0.4 is 4.74 Å². The van der Waals surface area contributed by atoms with Crippen LogP contribution >= 0.6 is 0 Å². The zero-order valence-electron chi connectivity index (χ0n) is 11.9. The molecule has 2 atom stereocenters. The van der Waals surface area contributed by atoms with E-state index in [0.717, 1.165) is 37.2 Å². The fourth-order valence-corrected chi connectivity index (χ4v) is 2.08. The zero-order valence-corrected chi connectivity index (χ0v) is 11.9. The maximum absolute atomic E-state index is 5.84. The molecule has 0 bridgehead atoms. The normalized spacial score (nSPS) is 23.3. The van der Waals surface area contributed by atoms with Crippen molar-refractivity contribution in [3.8, 4) is 5.75 Å². The van der Waals surface area contributed by atoms with Crippen LogP contribution in [0.2, 0.25) is 0 Å². The lowest BCUT2D eigenvalue weighted by Gasteiger charge is -2.29. The summed E-state index contributed by atoms with van der Waals surface area (Å²) in [6.45, 7) is 6.41. The van der Waals surface area contributed by atoms with Gasteiger partial charge in [-0.15, -0.1) is 0 Å². The lowest BCUT2D eigenvalue weighted by molar-refractivity contribution is -0.135. The SMILES string of the molecule is CCCCOc1ccc([C@@H]2CO[C@@H](CC)CO2)cc1. The summed E-state index contributed by atoms with van der Waals surface area (Å²) in [5.74, 6) is 0.931. The first-order chi connectivity index (χ1) is 9.33. The molecule has 3 heteroatoms. The molecule has 0 aliphatic carbocycles. The van der Waals surface area contributed by atoms with Gasteiger partial charge in [0.1, 0.15) is 11.9 Å². The van der Waals surface area contributed by atoms with Crippen LogP contribution in [0.4, 0.5) is 0 Å². The first-order valence-corrected chi connectivity index (χ1v) is 7.29. The first kappa shape index (κ1) is 14.4. The Hall–Kier alpha value is -1.06. The Bertz CT molecular complexity index is 353. The van der Waals surface area contributed by atoms with Gasteiger partial charge in [0.05, 0.1) is 25.9 Å². The van der Waals surface area contributed by atoms with E-state index in [1.807, 2.05) is 12.1 Å². The maximum Gasteiger partial charge on any atom is 0.119 e. The van der Waals surface area contributed by atoms with Gasteiger partial charge in [0.2, 0.25) is 0 Å². The smallest absolute Gasteiger partial charge is 0.119 e. The highest BCUT2D eigenvalue weighted by Gasteiger charge is 2.22. The Morgan fingerprint density at radius 3 is 2.47 bits per heavy atom. The maximum atomic E-state index is 5.84. The topological polar surface area (TPSA) is 27.7 Å². The van der Waals surface area contributed by atoms with E-state index in [0.29, 0.717) is 13.2 Å². The van der Waals surface area contributed by atoms with Gasteiger partial charge in [-0.2, -0.15) is 0 Å². The molecule has 0 amide bonds. The van der Waals surface area contributed by atoms with Gasteiger partial charge in [-0.25, -0.2) is 0 Å². The van der Waals surface area contributed by atoms with Crippen LogP contribution in [0.3, 0.4) is 0 Å². The summed E-state index contributed by atoms with van der Waals surface area (Å²) in [4.78, 5) is 0. The molecule has 0 aromatic heterocycles. The summed E-state index contributed by atoms with van der Waals surface area (Å²) < 4.78 is 17.2. The molecule has 1 heterocycles. The van der Waals surface area contributed by atoms with Crippen LogP contribution in [0.1, 0.15) is 44.8 Å². The third kappa shape index (κ3) is 4.22. The Labute approximate surface area is 115 Å². The highest BCUT2D eigenvalue weighted by molar-refractivity contribution is 5.28. The molecule has 1 saturated heterocycles. The Kier molecular flexibility index (Phi) is 5.67. The molecule has 1 fully saturated rings. The Balaban J connectivity index is 1.84. The fraction of sp³-hybridized carbons (Fsp3) is 0.625. The van der Waals surface area contributed by atoms with E-state index < -0.39 is 0 Å². The minimum absolute atomic E-state index is 0.0625. The number of rotatable bonds is 6. The van der Waals surface area contributed by atoms with Crippen molar-refractivity contribution in [3.63, 3.8) is 0 Å². The van der Waals surface area contributed by atoms with E-state index in [2.05, 4.69) is 26.0 Å². The van der Waals surface area contributed by atoms with Crippen molar-refractivity contribution >= 4 is 0 Å². The quantitative estimate of drug-likeness (QED) is 0.733. The van der Waals surface area contributed by atoms with Crippen LogP contribution in [0.15, 0.2) is 24.3 Å². The second kappa shape index (κ2) is 7.51. The Morgan fingerprint density at radius 2 is 1.89 bits per heavy atom. The second-order valence-electron chi connectivity index (χ2n) is 4.96. The third-order valence-corrected chi connectivity index (χ3v) is 3.44. The van der Waals surface area contributed by atoms with Gasteiger partial charge >= 0.3 is 0 Å². The van der Waals surface area contributed by atoms with Crippen molar-refractivity contribution in [2.24, 2.45) is 0 Å². The minimum atomic E-state index is 0.0625. The van der Waals surface area contributed by atoms with Crippen molar-refractivity contribution in [2.45, 2.75) is 45.3 Å². The second-order valence-corrected chi connectivity index (χ2v) is 4.96. The number of unbranched alkanes of at least 4 members (excludes halogenated alkanes) is 1. The van der Waals surface area contributed by atoms with E-state index in [-0.39, 0.29) is 12.2 Å². The lowest BCUT2D eigenvalue weighted by Crippen LogP contribution is -2.30. The Morgan fingerprint density at radius 1 is 1.11 bits per heavy atom. The van der Waals surface area contributed by atoms with Crippen molar-refractivity contribution in [2.75, 3.05) is 19.8 Å². The van der Waals surface area contributed by atoms with E-state index in [4.69, 9.17) is 14.2 Å². The van der Waals surface area contributed by atoms with Crippen molar-refractivity contribution in [1.82, 2.24) is 0 Å². The van der Waals surface area contributed by atoms with Crippen LogP contribution in [-0.2, 0) is 9.47 Å². The molecule has 2 rings (SSSR count). The van der Waals surface area contributed by atoms with Crippen LogP contribution in [0, 0.1) is 0 Å². The predicted octanol–water partition coefficient (Wildman–Crippen LogP) is 3.73. The molecular formula is C16H24O3. The molecule has 106 valence electrons. The van der Waals surface area contributed by atoms with Crippen molar-refractivity contribution in [3.05, 3.63) is 29.8 Å². The van der Waals surface area contributed by atoms with Gasteiger partial charge in [-0.05, 0) is 30.5 Å².